The SMILES string of the molecule is C=CCC1C(=O)N(C(C(N)=O)C(C)c2ccc3ccccc3c2)CCN1C(=O)C(N)Cc1ccc(F)cc1. The van der Waals surface area contributed by atoms with Gasteiger partial charge in [-0.25, -0.2) is 4.39 Å². The van der Waals surface area contributed by atoms with Gasteiger partial charge >= 0.3 is 0 Å². The molecular weight excluding hydrogens is 483 g/mol. The van der Waals surface area contributed by atoms with E-state index < -0.39 is 24.0 Å². The Bertz CT molecular complexity index is 1340. The Morgan fingerprint density at radius 3 is 2.42 bits per heavy atom. The normalized spacial score (nSPS) is 18.2. The molecule has 1 fully saturated rings. The van der Waals surface area contributed by atoms with E-state index in [0.29, 0.717) is 0 Å². The topological polar surface area (TPSA) is 110 Å². The van der Waals surface area contributed by atoms with Gasteiger partial charge in [0.1, 0.15) is 17.9 Å². The third-order valence-electron chi connectivity index (χ3n) is 7.29. The molecule has 8 heteroatoms. The number of benzene rings is 3. The lowest BCUT2D eigenvalue weighted by Gasteiger charge is -2.44. The maximum absolute atomic E-state index is 13.7. The van der Waals surface area contributed by atoms with Crippen molar-refractivity contribution in [1.82, 2.24) is 9.80 Å². The van der Waals surface area contributed by atoms with E-state index in [1.165, 1.54) is 21.9 Å². The lowest BCUT2D eigenvalue weighted by Crippen LogP contribution is -2.65. The summed E-state index contributed by atoms with van der Waals surface area (Å²) in [5.41, 5.74) is 13.7. The molecule has 4 N–H and O–H groups in total. The Hall–Kier alpha value is -4.04. The molecule has 1 saturated heterocycles. The molecule has 4 atom stereocenters. The Labute approximate surface area is 221 Å². The van der Waals surface area contributed by atoms with E-state index in [1.54, 1.807) is 18.2 Å². The van der Waals surface area contributed by atoms with E-state index in [-0.39, 0.29) is 49.5 Å². The fourth-order valence-corrected chi connectivity index (χ4v) is 5.25. The van der Waals surface area contributed by atoms with Gasteiger partial charge in [0, 0.05) is 19.0 Å². The van der Waals surface area contributed by atoms with Crippen LogP contribution < -0.4 is 11.5 Å². The summed E-state index contributed by atoms with van der Waals surface area (Å²) in [5, 5.41) is 2.10. The zero-order chi connectivity index (χ0) is 27.4. The number of carbonyl (C=O) groups excluding carboxylic acids is 3. The van der Waals surface area contributed by atoms with Gasteiger partial charge in [0.2, 0.25) is 17.7 Å². The second-order valence-corrected chi connectivity index (χ2v) is 9.78. The molecule has 7 nitrogen and oxygen atoms in total. The van der Waals surface area contributed by atoms with Crippen LogP contribution >= 0.6 is 0 Å². The predicted octanol–water partition coefficient (Wildman–Crippen LogP) is 3.12. The monoisotopic (exact) mass is 516 g/mol. The molecule has 1 aliphatic rings. The van der Waals surface area contributed by atoms with Crippen LogP contribution in [0.25, 0.3) is 10.8 Å². The number of carbonyl (C=O) groups is 3. The van der Waals surface area contributed by atoms with Crippen molar-refractivity contribution in [3.05, 3.63) is 96.3 Å². The summed E-state index contributed by atoms with van der Waals surface area (Å²) in [4.78, 5) is 42.7. The predicted molar refractivity (Wildman–Crippen MR) is 145 cm³/mol. The maximum Gasteiger partial charge on any atom is 0.246 e. The van der Waals surface area contributed by atoms with Crippen molar-refractivity contribution in [3.8, 4) is 0 Å². The minimum Gasteiger partial charge on any atom is -0.368 e. The first-order chi connectivity index (χ1) is 18.2. The Morgan fingerprint density at radius 2 is 1.76 bits per heavy atom. The first kappa shape index (κ1) is 27.0. The number of fused-ring (bicyclic) bond motifs is 1. The van der Waals surface area contributed by atoms with E-state index in [0.717, 1.165) is 21.9 Å². The minimum atomic E-state index is -0.907. The lowest BCUT2D eigenvalue weighted by atomic mass is 9.89. The van der Waals surface area contributed by atoms with E-state index in [2.05, 4.69) is 6.58 Å². The number of primary amides is 1. The van der Waals surface area contributed by atoms with Crippen LogP contribution in [0.1, 0.15) is 30.4 Å². The fourth-order valence-electron chi connectivity index (χ4n) is 5.25. The zero-order valence-electron chi connectivity index (χ0n) is 21.4. The van der Waals surface area contributed by atoms with Crippen molar-refractivity contribution in [3.63, 3.8) is 0 Å². The average Bonchev–Trinajstić information content (AvgIpc) is 2.91. The Kier molecular flexibility index (Phi) is 8.22. The van der Waals surface area contributed by atoms with E-state index in [9.17, 15) is 18.8 Å². The minimum absolute atomic E-state index is 0.146. The summed E-state index contributed by atoms with van der Waals surface area (Å²) in [6, 6.07) is 17.0. The fraction of sp³-hybridized carbons (Fsp3) is 0.300. The van der Waals surface area contributed by atoms with Gasteiger partial charge in [-0.05, 0) is 46.9 Å². The molecular formula is C30H33FN4O3. The summed E-state index contributed by atoms with van der Waals surface area (Å²) in [6.07, 6.45) is 1.99. The number of nitrogens with zero attached hydrogens (tertiary/aromatic N) is 2. The van der Waals surface area contributed by atoms with Gasteiger partial charge in [-0.1, -0.05) is 67.6 Å². The second-order valence-electron chi connectivity index (χ2n) is 9.78. The van der Waals surface area contributed by atoms with E-state index >= 15 is 0 Å². The van der Waals surface area contributed by atoms with Crippen molar-refractivity contribution < 1.29 is 18.8 Å². The molecule has 0 aromatic heterocycles. The van der Waals surface area contributed by atoms with Gasteiger partial charge in [0.15, 0.2) is 0 Å². The molecule has 38 heavy (non-hydrogen) atoms. The number of nitrogens with two attached hydrogens (primary N) is 2. The molecule has 0 spiro atoms. The van der Waals surface area contributed by atoms with Crippen LogP contribution in [0.2, 0.25) is 0 Å². The lowest BCUT2D eigenvalue weighted by molar-refractivity contribution is -0.156. The highest BCUT2D eigenvalue weighted by Gasteiger charge is 2.43. The number of rotatable bonds is 9. The Balaban J connectivity index is 1.55. The molecule has 1 aliphatic heterocycles. The van der Waals surface area contributed by atoms with Gasteiger partial charge in [-0.3, -0.25) is 14.4 Å². The molecule has 3 aromatic rings. The average molecular weight is 517 g/mol. The van der Waals surface area contributed by atoms with Crippen LogP contribution in [0.4, 0.5) is 4.39 Å². The number of hydrogen-bond acceptors (Lipinski definition) is 4. The molecule has 0 radical (unpaired) electrons. The molecule has 3 amide bonds. The van der Waals surface area contributed by atoms with E-state index in [1.807, 2.05) is 49.4 Å². The highest BCUT2D eigenvalue weighted by atomic mass is 19.1. The molecule has 3 aromatic carbocycles. The van der Waals surface area contributed by atoms with Crippen molar-refractivity contribution in [2.45, 2.75) is 43.8 Å². The third kappa shape index (κ3) is 5.60. The molecule has 4 rings (SSSR count). The Morgan fingerprint density at radius 1 is 1.08 bits per heavy atom. The summed E-state index contributed by atoms with van der Waals surface area (Å²) >= 11 is 0. The summed E-state index contributed by atoms with van der Waals surface area (Å²) in [7, 11) is 0. The molecule has 198 valence electrons. The van der Waals surface area contributed by atoms with Crippen LogP contribution in [0.3, 0.4) is 0 Å². The largest absolute Gasteiger partial charge is 0.368 e. The maximum atomic E-state index is 13.7. The highest BCUT2D eigenvalue weighted by molar-refractivity contribution is 5.94. The smallest absolute Gasteiger partial charge is 0.246 e. The van der Waals surface area contributed by atoms with Crippen molar-refractivity contribution >= 4 is 28.5 Å². The standard InChI is InChI=1S/C30H33FN4O3/c1-3-6-26-30(38)35(16-15-34(26)29(37)25(32)17-20-9-13-24(31)14-10-20)27(28(33)36)19(2)22-12-11-21-7-4-5-8-23(21)18-22/h3-5,7-14,18-19,25-27H,1,6,15-17,32H2,2H3,(H2,33,36). The molecule has 0 bridgehead atoms. The van der Waals surface area contributed by atoms with Gasteiger partial charge in [-0.2, -0.15) is 0 Å². The van der Waals surface area contributed by atoms with Crippen molar-refractivity contribution in [2.24, 2.45) is 11.5 Å². The van der Waals surface area contributed by atoms with Crippen molar-refractivity contribution in [2.75, 3.05) is 13.1 Å². The number of amides is 3. The van der Waals surface area contributed by atoms with Gasteiger partial charge < -0.3 is 21.3 Å². The van der Waals surface area contributed by atoms with Crippen LogP contribution in [0.5, 0.6) is 0 Å². The number of halogens is 1. The molecule has 0 aliphatic carbocycles. The second kappa shape index (κ2) is 11.6. The van der Waals surface area contributed by atoms with Crippen molar-refractivity contribution in [1.29, 1.82) is 0 Å². The molecule has 0 saturated carbocycles. The van der Waals surface area contributed by atoms with Crippen LogP contribution in [0, 0.1) is 5.82 Å². The van der Waals surface area contributed by atoms with E-state index in [4.69, 9.17) is 11.5 Å². The zero-order valence-corrected chi connectivity index (χ0v) is 21.4. The first-order valence-corrected chi connectivity index (χ1v) is 12.7. The molecule has 1 heterocycles. The van der Waals surface area contributed by atoms with Gasteiger partial charge in [-0.15, -0.1) is 6.58 Å². The summed E-state index contributed by atoms with van der Waals surface area (Å²) < 4.78 is 13.3. The third-order valence-corrected chi connectivity index (χ3v) is 7.29. The number of hydrogen-bond donors (Lipinski definition) is 2. The summed E-state index contributed by atoms with van der Waals surface area (Å²) in [6.45, 7) is 5.98. The van der Waals surface area contributed by atoms with Crippen LogP contribution in [-0.2, 0) is 20.8 Å². The van der Waals surface area contributed by atoms with Gasteiger partial charge in [0.05, 0.1) is 6.04 Å². The van der Waals surface area contributed by atoms with Gasteiger partial charge in [0.25, 0.3) is 0 Å². The quantitative estimate of drug-likeness (QED) is 0.426. The number of piperazine rings is 1. The molecule has 4 unspecified atom stereocenters. The summed E-state index contributed by atoms with van der Waals surface area (Å²) in [5.74, 6) is -2.09. The first-order valence-electron chi connectivity index (χ1n) is 12.7. The highest BCUT2D eigenvalue weighted by Crippen LogP contribution is 2.29. The van der Waals surface area contributed by atoms with Crippen LogP contribution in [0.15, 0.2) is 79.4 Å². The van der Waals surface area contributed by atoms with Crippen LogP contribution in [-0.4, -0.2) is 58.7 Å².